The van der Waals surface area contributed by atoms with Gasteiger partial charge < -0.3 is 24.8 Å². The molecule has 7 heteroatoms. The van der Waals surface area contributed by atoms with Gasteiger partial charge in [-0.15, -0.1) is 0 Å². The number of fused-ring (bicyclic) bond motifs is 5. The number of ether oxygens (including phenoxy) is 2. The summed E-state index contributed by atoms with van der Waals surface area (Å²) in [5, 5.41) is 33.6. The lowest BCUT2D eigenvalue weighted by Crippen LogP contribution is -2.69. The van der Waals surface area contributed by atoms with Gasteiger partial charge in [-0.1, -0.05) is 27.2 Å². The minimum atomic E-state index is -1.25. The first-order valence-corrected chi connectivity index (χ1v) is 15.5. The number of aliphatic hydroxyl groups excluding tert-OH is 2. The van der Waals surface area contributed by atoms with Crippen LogP contribution >= 0.6 is 0 Å². The topological polar surface area (TPSA) is 113 Å². The Balaban J connectivity index is 1.57. The summed E-state index contributed by atoms with van der Waals surface area (Å²) in [5.41, 5.74) is -2.32. The number of rotatable bonds is 8. The standard InChI is InChI=1S/C32H54O7/c1-19(8-9-20(2)29(5,6)39-22(4)34)25-10-11-27-24-16-28(36)32(37)17-23(35)12-14-30(32,7)26(24)13-15-31(25,27)18-38-21(3)33/h19-20,23-28,35-37H,8-18H2,1-7H3. The number of hydrogen-bond donors (Lipinski definition) is 3. The van der Waals surface area contributed by atoms with E-state index in [2.05, 4.69) is 20.8 Å². The zero-order chi connectivity index (χ0) is 29.0. The zero-order valence-corrected chi connectivity index (χ0v) is 25.4. The lowest BCUT2D eigenvalue weighted by Gasteiger charge is -2.65. The van der Waals surface area contributed by atoms with Crippen LogP contribution in [0.3, 0.4) is 0 Å². The molecule has 39 heavy (non-hydrogen) atoms. The average molecular weight is 551 g/mol. The van der Waals surface area contributed by atoms with Crippen molar-refractivity contribution >= 4 is 11.9 Å². The van der Waals surface area contributed by atoms with Gasteiger partial charge in [0.1, 0.15) is 5.60 Å². The van der Waals surface area contributed by atoms with E-state index in [1.165, 1.54) is 13.8 Å². The smallest absolute Gasteiger partial charge is 0.303 e. The number of carbonyl (C=O) groups is 2. The maximum absolute atomic E-state index is 12.0. The first kappa shape index (κ1) is 30.8. The van der Waals surface area contributed by atoms with Crippen molar-refractivity contribution in [3.05, 3.63) is 0 Å². The van der Waals surface area contributed by atoms with Crippen LogP contribution in [-0.4, -0.2) is 57.3 Å². The second-order valence-corrected chi connectivity index (χ2v) is 14.8. The summed E-state index contributed by atoms with van der Waals surface area (Å²) in [6.45, 7) is 14.0. The van der Waals surface area contributed by atoms with Gasteiger partial charge in [-0.25, -0.2) is 0 Å². The number of aliphatic hydroxyl groups is 3. The van der Waals surface area contributed by atoms with E-state index in [4.69, 9.17) is 9.47 Å². The third kappa shape index (κ3) is 5.30. The molecule has 11 atom stereocenters. The minimum Gasteiger partial charge on any atom is -0.465 e. The highest BCUT2D eigenvalue weighted by Crippen LogP contribution is 2.69. The van der Waals surface area contributed by atoms with Gasteiger partial charge in [0, 0.05) is 31.1 Å². The van der Waals surface area contributed by atoms with E-state index in [0.717, 1.165) is 44.9 Å². The molecule has 0 heterocycles. The molecule has 4 saturated carbocycles. The van der Waals surface area contributed by atoms with Crippen molar-refractivity contribution in [3.8, 4) is 0 Å². The molecule has 11 unspecified atom stereocenters. The molecule has 0 aromatic heterocycles. The van der Waals surface area contributed by atoms with Crippen LogP contribution in [0.1, 0.15) is 113 Å². The fraction of sp³-hybridized carbons (Fsp3) is 0.938. The van der Waals surface area contributed by atoms with Gasteiger partial charge in [0.2, 0.25) is 0 Å². The number of esters is 2. The maximum Gasteiger partial charge on any atom is 0.303 e. The summed E-state index contributed by atoms with van der Waals surface area (Å²) in [5.74, 6) is 1.44. The summed E-state index contributed by atoms with van der Waals surface area (Å²) in [7, 11) is 0. The molecule has 0 aromatic rings. The monoisotopic (exact) mass is 550 g/mol. The van der Waals surface area contributed by atoms with Gasteiger partial charge in [0.15, 0.2) is 0 Å². The van der Waals surface area contributed by atoms with Crippen molar-refractivity contribution < 1.29 is 34.4 Å². The molecular formula is C32H54O7. The van der Waals surface area contributed by atoms with E-state index >= 15 is 0 Å². The predicted molar refractivity (Wildman–Crippen MR) is 148 cm³/mol. The van der Waals surface area contributed by atoms with Crippen LogP contribution in [0.5, 0.6) is 0 Å². The van der Waals surface area contributed by atoms with Crippen molar-refractivity contribution in [1.29, 1.82) is 0 Å². The molecule has 224 valence electrons. The van der Waals surface area contributed by atoms with E-state index in [-0.39, 0.29) is 41.5 Å². The Morgan fingerprint density at radius 3 is 2.31 bits per heavy atom. The molecular weight excluding hydrogens is 496 g/mol. The molecule has 0 spiro atoms. The first-order valence-electron chi connectivity index (χ1n) is 15.5. The van der Waals surface area contributed by atoms with Crippen LogP contribution < -0.4 is 0 Å². The van der Waals surface area contributed by atoms with Crippen molar-refractivity contribution in [2.45, 2.75) is 136 Å². The fourth-order valence-corrected chi connectivity index (χ4v) is 10.0. The zero-order valence-electron chi connectivity index (χ0n) is 25.4. The molecule has 4 aliphatic rings. The third-order valence-corrected chi connectivity index (χ3v) is 12.5. The normalized spacial score (nSPS) is 43.4. The molecule has 7 nitrogen and oxygen atoms in total. The molecule has 0 radical (unpaired) electrons. The average Bonchev–Trinajstić information content (AvgIpc) is 3.22. The van der Waals surface area contributed by atoms with Crippen LogP contribution in [0.25, 0.3) is 0 Å². The highest BCUT2D eigenvalue weighted by molar-refractivity contribution is 5.66. The first-order chi connectivity index (χ1) is 18.1. The molecule has 0 amide bonds. The van der Waals surface area contributed by atoms with E-state index < -0.39 is 28.8 Å². The van der Waals surface area contributed by atoms with Gasteiger partial charge >= 0.3 is 11.9 Å². The second kappa shape index (κ2) is 10.9. The minimum absolute atomic E-state index is 0.124. The summed E-state index contributed by atoms with van der Waals surface area (Å²) < 4.78 is 11.4. The summed E-state index contributed by atoms with van der Waals surface area (Å²) in [6, 6.07) is 0. The molecule has 0 bridgehead atoms. The SMILES string of the molecule is CC(=O)OCC12CCC3C(CC(O)C4(O)CC(O)CCC34C)C1CCC2C(C)CCC(C)C(C)(C)OC(C)=O. The molecule has 0 saturated heterocycles. The largest absolute Gasteiger partial charge is 0.465 e. The Hall–Kier alpha value is -1.18. The quantitative estimate of drug-likeness (QED) is 0.363. The second-order valence-electron chi connectivity index (χ2n) is 14.8. The van der Waals surface area contributed by atoms with Crippen LogP contribution in [0.15, 0.2) is 0 Å². The predicted octanol–water partition coefficient (Wildman–Crippen LogP) is 5.03. The molecule has 3 N–H and O–H groups in total. The van der Waals surface area contributed by atoms with Gasteiger partial charge in [-0.05, 0) is 101 Å². The summed E-state index contributed by atoms with van der Waals surface area (Å²) in [4.78, 5) is 23.7. The summed E-state index contributed by atoms with van der Waals surface area (Å²) >= 11 is 0. The molecule has 4 rings (SSSR count). The Labute approximate surface area is 235 Å². The molecule has 4 fully saturated rings. The highest BCUT2D eigenvalue weighted by Gasteiger charge is 2.68. The van der Waals surface area contributed by atoms with Crippen LogP contribution in [0, 0.1) is 46.3 Å². The van der Waals surface area contributed by atoms with Crippen molar-refractivity contribution in [3.63, 3.8) is 0 Å². The van der Waals surface area contributed by atoms with E-state index in [1.54, 1.807) is 0 Å². The van der Waals surface area contributed by atoms with Crippen LogP contribution in [0.4, 0.5) is 0 Å². The number of carbonyl (C=O) groups excluding carboxylic acids is 2. The van der Waals surface area contributed by atoms with Gasteiger partial charge in [0.05, 0.1) is 24.4 Å². The molecule has 0 aromatic carbocycles. The Kier molecular flexibility index (Phi) is 8.60. The fourth-order valence-electron chi connectivity index (χ4n) is 10.0. The van der Waals surface area contributed by atoms with E-state index in [0.29, 0.717) is 37.2 Å². The highest BCUT2D eigenvalue weighted by atomic mass is 16.6. The summed E-state index contributed by atoms with van der Waals surface area (Å²) in [6.07, 6.45) is 6.76. The lowest BCUT2D eigenvalue weighted by atomic mass is 9.42. The van der Waals surface area contributed by atoms with Crippen molar-refractivity contribution in [2.75, 3.05) is 6.61 Å². The Morgan fingerprint density at radius 2 is 1.67 bits per heavy atom. The van der Waals surface area contributed by atoms with E-state index in [9.17, 15) is 24.9 Å². The molecule has 4 aliphatic carbocycles. The van der Waals surface area contributed by atoms with E-state index in [1.807, 2.05) is 13.8 Å². The Morgan fingerprint density at radius 1 is 0.974 bits per heavy atom. The third-order valence-electron chi connectivity index (χ3n) is 12.5. The van der Waals surface area contributed by atoms with Gasteiger partial charge in [-0.3, -0.25) is 9.59 Å². The Bertz CT molecular complexity index is 918. The van der Waals surface area contributed by atoms with Crippen LogP contribution in [-0.2, 0) is 19.1 Å². The lowest BCUT2D eigenvalue weighted by molar-refractivity contribution is -0.267. The van der Waals surface area contributed by atoms with Crippen LogP contribution in [0.2, 0.25) is 0 Å². The molecule has 0 aliphatic heterocycles. The number of hydrogen-bond acceptors (Lipinski definition) is 7. The van der Waals surface area contributed by atoms with Crippen molar-refractivity contribution in [1.82, 2.24) is 0 Å². The van der Waals surface area contributed by atoms with Gasteiger partial charge in [-0.2, -0.15) is 0 Å². The van der Waals surface area contributed by atoms with Gasteiger partial charge in [0.25, 0.3) is 0 Å². The van der Waals surface area contributed by atoms with Crippen molar-refractivity contribution in [2.24, 2.45) is 46.3 Å². The maximum atomic E-state index is 12.0.